The summed E-state index contributed by atoms with van der Waals surface area (Å²) in [6, 6.07) is 6.27. The molecule has 0 aliphatic heterocycles. The fraction of sp³-hybridized carbons (Fsp3) is 0.217. The number of fused-ring (bicyclic) bond motifs is 1. The molecular weight excluding hydrogens is 441 g/mol. The molecule has 9 heteroatoms. The van der Waals surface area contributed by atoms with Crippen molar-refractivity contribution >= 4 is 34.4 Å². The summed E-state index contributed by atoms with van der Waals surface area (Å²) in [5.74, 6) is 0.0000323. The van der Waals surface area contributed by atoms with Gasteiger partial charge in [0.1, 0.15) is 5.65 Å². The van der Waals surface area contributed by atoms with Gasteiger partial charge in [0, 0.05) is 23.5 Å². The lowest BCUT2D eigenvalue weighted by molar-refractivity contribution is -0.137. The number of carbonyl (C=O) groups is 1. The minimum absolute atomic E-state index is 0.0000323. The first-order valence-electron chi connectivity index (χ1n) is 9.95. The number of rotatable bonds is 4. The van der Waals surface area contributed by atoms with Gasteiger partial charge in [-0.1, -0.05) is 36.8 Å². The smallest absolute Gasteiger partial charge is 0.346 e. The van der Waals surface area contributed by atoms with Crippen molar-refractivity contribution in [3.05, 3.63) is 82.7 Å². The summed E-state index contributed by atoms with van der Waals surface area (Å²) in [6.07, 6.45) is 5.70. The molecule has 32 heavy (non-hydrogen) atoms. The number of alkyl halides is 3. The molecule has 2 aromatic heterocycles. The Morgan fingerprint density at radius 3 is 2.84 bits per heavy atom. The predicted molar refractivity (Wildman–Crippen MR) is 119 cm³/mol. The summed E-state index contributed by atoms with van der Waals surface area (Å²) in [5.41, 5.74) is 2.08. The van der Waals surface area contributed by atoms with Crippen LogP contribution in [0.25, 0.3) is 11.0 Å². The highest BCUT2D eigenvalue weighted by Crippen LogP contribution is 2.36. The maximum Gasteiger partial charge on any atom is 0.417 e. The third kappa shape index (κ3) is 4.80. The SMILES string of the molecule is CC1C=C(Cc2c[nH]c3ncccc23)C=CC1NC(=O)Nc1ccc(Cl)c(C(F)(F)F)c1. The molecule has 4 rings (SSSR count). The third-order valence-corrected chi connectivity index (χ3v) is 5.65. The molecule has 0 saturated heterocycles. The predicted octanol–water partition coefficient (Wildman–Crippen LogP) is 6.10. The van der Waals surface area contributed by atoms with Crippen LogP contribution >= 0.6 is 11.6 Å². The van der Waals surface area contributed by atoms with E-state index >= 15 is 0 Å². The zero-order chi connectivity index (χ0) is 22.9. The molecule has 0 bridgehead atoms. The van der Waals surface area contributed by atoms with Gasteiger partial charge in [-0.3, -0.25) is 0 Å². The van der Waals surface area contributed by atoms with Crippen molar-refractivity contribution in [2.75, 3.05) is 5.32 Å². The van der Waals surface area contributed by atoms with Gasteiger partial charge in [-0.2, -0.15) is 13.2 Å². The Bertz CT molecular complexity index is 1220. The van der Waals surface area contributed by atoms with Crippen molar-refractivity contribution in [2.45, 2.75) is 25.6 Å². The van der Waals surface area contributed by atoms with Crippen molar-refractivity contribution in [3.63, 3.8) is 0 Å². The number of aromatic nitrogens is 2. The molecule has 166 valence electrons. The van der Waals surface area contributed by atoms with E-state index in [1.807, 2.05) is 37.4 Å². The highest BCUT2D eigenvalue weighted by atomic mass is 35.5. The topological polar surface area (TPSA) is 69.8 Å². The van der Waals surface area contributed by atoms with E-state index in [4.69, 9.17) is 11.6 Å². The lowest BCUT2D eigenvalue weighted by Crippen LogP contribution is -2.41. The number of nitrogens with one attached hydrogen (secondary N) is 3. The second-order valence-electron chi connectivity index (χ2n) is 7.67. The zero-order valence-electron chi connectivity index (χ0n) is 17.0. The molecule has 5 nitrogen and oxygen atoms in total. The zero-order valence-corrected chi connectivity index (χ0v) is 17.8. The first-order valence-corrected chi connectivity index (χ1v) is 10.3. The average Bonchev–Trinajstić information content (AvgIpc) is 3.13. The minimum Gasteiger partial charge on any atom is -0.346 e. The van der Waals surface area contributed by atoms with Gasteiger partial charge in [-0.15, -0.1) is 0 Å². The Balaban J connectivity index is 1.39. The van der Waals surface area contributed by atoms with Crippen LogP contribution in [0.1, 0.15) is 18.1 Å². The second-order valence-corrected chi connectivity index (χ2v) is 8.07. The first kappa shape index (κ1) is 22.0. The van der Waals surface area contributed by atoms with Crippen LogP contribution in [0.5, 0.6) is 0 Å². The van der Waals surface area contributed by atoms with Gasteiger partial charge in [0.2, 0.25) is 0 Å². The molecule has 2 amide bonds. The summed E-state index contributed by atoms with van der Waals surface area (Å²) in [4.78, 5) is 19.8. The normalized spacial score (nSPS) is 18.5. The van der Waals surface area contributed by atoms with E-state index in [0.717, 1.165) is 40.7 Å². The van der Waals surface area contributed by atoms with Crippen molar-refractivity contribution in [3.8, 4) is 0 Å². The molecule has 3 aromatic rings. The quantitative estimate of drug-likeness (QED) is 0.440. The Labute approximate surface area is 187 Å². The molecule has 2 heterocycles. The van der Waals surface area contributed by atoms with Crippen molar-refractivity contribution < 1.29 is 18.0 Å². The summed E-state index contributed by atoms with van der Waals surface area (Å²) < 4.78 is 39.0. The van der Waals surface area contributed by atoms with Gasteiger partial charge in [0.25, 0.3) is 0 Å². The summed E-state index contributed by atoms with van der Waals surface area (Å²) in [6.45, 7) is 1.97. The van der Waals surface area contributed by atoms with Crippen molar-refractivity contribution in [1.29, 1.82) is 0 Å². The number of halogens is 4. The van der Waals surface area contributed by atoms with E-state index < -0.39 is 22.8 Å². The molecule has 1 aliphatic carbocycles. The standard InChI is InChI=1S/C23H20ClF3N4O/c1-13-9-14(10-15-12-29-21-17(15)3-2-8-28-21)4-7-20(13)31-22(32)30-16-5-6-19(24)18(11-16)23(25,26)27/h2-9,11-13,20H,10H2,1H3,(H,28,29)(H2,30,31,32). The molecule has 1 aromatic carbocycles. The Morgan fingerprint density at radius 2 is 2.09 bits per heavy atom. The molecule has 1 aliphatic rings. The van der Waals surface area contributed by atoms with E-state index in [0.29, 0.717) is 0 Å². The van der Waals surface area contributed by atoms with E-state index in [2.05, 4.69) is 26.7 Å². The minimum atomic E-state index is -4.60. The van der Waals surface area contributed by atoms with Gasteiger partial charge < -0.3 is 15.6 Å². The van der Waals surface area contributed by atoms with Crippen LogP contribution < -0.4 is 10.6 Å². The molecule has 0 saturated carbocycles. The number of anilines is 1. The average molecular weight is 461 g/mol. The molecule has 2 atom stereocenters. The van der Waals surface area contributed by atoms with E-state index in [-0.39, 0.29) is 17.6 Å². The molecule has 0 radical (unpaired) electrons. The Hall–Kier alpha value is -3.26. The summed E-state index contributed by atoms with van der Waals surface area (Å²) in [7, 11) is 0. The van der Waals surface area contributed by atoms with Crippen LogP contribution in [0.15, 0.2) is 66.5 Å². The number of urea groups is 1. The molecule has 0 spiro atoms. The van der Waals surface area contributed by atoms with E-state index in [9.17, 15) is 18.0 Å². The fourth-order valence-corrected chi connectivity index (χ4v) is 3.94. The van der Waals surface area contributed by atoms with Crippen molar-refractivity contribution in [1.82, 2.24) is 15.3 Å². The van der Waals surface area contributed by atoms with Gasteiger partial charge in [-0.25, -0.2) is 9.78 Å². The van der Waals surface area contributed by atoms with Gasteiger partial charge >= 0.3 is 12.2 Å². The number of H-pyrrole nitrogens is 1. The molecular formula is C23H20ClF3N4O. The van der Waals surface area contributed by atoms with E-state index in [1.54, 1.807) is 6.20 Å². The van der Waals surface area contributed by atoms with Crippen LogP contribution in [-0.4, -0.2) is 22.0 Å². The van der Waals surface area contributed by atoms with Crippen LogP contribution in [0.4, 0.5) is 23.7 Å². The first-order chi connectivity index (χ1) is 15.2. The number of carbonyl (C=O) groups excluding carboxylic acids is 1. The molecule has 0 fully saturated rings. The third-order valence-electron chi connectivity index (χ3n) is 5.32. The Morgan fingerprint density at radius 1 is 1.28 bits per heavy atom. The summed E-state index contributed by atoms with van der Waals surface area (Å²) in [5, 5.41) is 5.87. The number of allylic oxidation sites excluding steroid dienone is 2. The van der Waals surface area contributed by atoms with Crippen LogP contribution in [-0.2, 0) is 12.6 Å². The number of benzene rings is 1. The molecule has 3 N–H and O–H groups in total. The van der Waals surface area contributed by atoms with E-state index in [1.165, 1.54) is 6.07 Å². The largest absolute Gasteiger partial charge is 0.417 e. The maximum absolute atomic E-state index is 13.0. The fourth-order valence-electron chi connectivity index (χ4n) is 3.71. The number of aromatic amines is 1. The lowest BCUT2D eigenvalue weighted by atomic mass is 9.90. The van der Waals surface area contributed by atoms with Crippen LogP contribution in [0.3, 0.4) is 0 Å². The Kier molecular flexibility index (Phi) is 5.97. The van der Waals surface area contributed by atoms with Gasteiger partial charge in [0.05, 0.1) is 16.6 Å². The number of pyridine rings is 1. The number of hydrogen-bond donors (Lipinski definition) is 3. The second kappa shape index (κ2) is 8.70. The summed E-state index contributed by atoms with van der Waals surface area (Å²) >= 11 is 5.62. The van der Waals surface area contributed by atoms with Gasteiger partial charge in [-0.05, 0) is 53.8 Å². The molecule has 2 unspecified atom stereocenters. The number of amides is 2. The number of hydrogen-bond acceptors (Lipinski definition) is 2. The van der Waals surface area contributed by atoms with Crippen molar-refractivity contribution in [2.24, 2.45) is 5.92 Å². The lowest BCUT2D eigenvalue weighted by Gasteiger charge is -2.24. The highest BCUT2D eigenvalue weighted by molar-refractivity contribution is 6.31. The van der Waals surface area contributed by atoms with Crippen LogP contribution in [0, 0.1) is 5.92 Å². The highest BCUT2D eigenvalue weighted by Gasteiger charge is 2.33. The van der Waals surface area contributed by atoms with Crippen LogP contribution in [0.2, 0.25) is 5.02 Å². The monoisotopic (exact) mass is 460 g/mol. The number of nitrogens with zero attached hydrogens (tertiary/aromatic N) is 1. The maximum atomic E-state index is 13.0. The van der Waals surface area contributed by atoms with Gasteiger partial charge in [0.15, 0.2) is 0 Å².